The van der Waals surface area contributed by atoms with Crippen LogP contribution in [0.3, 0.4) is 0 Å². The Morgan fingerprint density at radius 2 is 0.958 bits per heavy atom. The van der Waals surface area contributed by atoms with Gasteiger partial charge in [0.2, 0.25) is 0 Å². The van der Waals surface area contributed by atoms with Gasteiger partial charge in [0.15, 0.2) is 0 Å². The van der Waals surface area contributed by atoms with Gasteiger partial charge < -0.3 is 13.9 Å². The second-order valence-electron chi connectivity index (χ2n) is 27.2. The molecule has 0 radical (unpaired) electrons. The molecule has 3 aliphatic rings. The Morgan fingerprint density at radius 3 is 1.56 bits per heavy atom. The van der Waals surface area contributed by atoms with Crippen molar-refractivity contribution < 1.29 is 0 Å². The fourth-order valence-electron chi connectivity index (χ4n) is 12.7. The monoisotopic (exact) mass is 930 g/mol. The normalized spacial score (nSPS) is 15.7. The van der Waals surface area contributed by atoms with Crippen molar-refractivity contribution in [2.75, 3.05) is 4.90 Å². The van der Waals surface area contributed by atoms with Gasteiger partial charge in [-0.15, -0.1) is 0 Å². The van der Waals surface area contributed by atoms with E-state index in [9.17, 15) is 0 Å². The standard InChI is InChI=1S/C67H72BN3/c1-62(2,3)39-23-28-45(29-24-39)70-55-37-43(66(13,14)15)36-47-49-38-48-46-33-41(64(7,8)9)26-31-53(46)69(44-21-19-18-20-22-44)58(48)56-51-35-42(65(10,11)12)27-32-54(51)71(59(49)56)68(57(47)55)61-60(70)50-34-40(63(4,5)6)25-30-52(50)67(61,16)17/h18-38H,1-17H3. The van der Waals surface area contributed by atoms with Crippen LogP contribution in [0.15, 0.2) is 133 Å². The van der Waals surface area contributed by atoms with Crippen LogP contribution in [0.5, 0.6) is 0 Å². The van der Waals surface area contributed by atoms with Crippen molar-refractivity contribution in [3.63, 3.8) is 0 Å². The molecule has 1 aliphatic carbocycles. The third-order valence-corrected chi connectivity index (χ3v) is 16.9. The number of hydrogen-bond donors (Lipinski definition) is 0. The third-order valence-electron chi connectivity index (χ3n) is 16.9. The Kier molecular flexibility index (Phi) is 9.34. The number of benzene rings is 7. The first-order valence-electron chi connectivity index (χ1n) is 26.3. The summed E-state index contributed by atoms with van der Waals surface area (Å²) in [6.45, 7) is 40.3. The Bertz CT molecular complexity index is 3780. The van der Waals surface area contributed by atoms with Crippen LogP contribution in [0, 0.1) is 0 Å². The summed E-state index contributed by atoms with van der Waals surface area (Å²) < 4.78 is 5.42. The Hall–Kier alpha value is -6.26. The van der Waals surface area contributed by atoms with E-state index in [4.69, 9.17) is 0 Å². The molecule has 0 bridgehead atoms. The summed E-state index contributed by atoms with van der Waals surface area (Å²) in [6, 6.07) is 50.7. The average Bonchev–Trinajstić information content (AvgIpc) is 3.89. The Labute approximate surface area is 423 Å². The van der Waals surface area contributed by atoms with Crippen LogP contribution < -0.4 is 10.4 Å². The summed E-state index contributed by atoms with van der Waals surface area (Å²) in [5.41, 5.74) is 24.8. The second kappa shape index (κ2) is 14.5. The van der Waals surface area contributed by atoms with Crippen LogP contribution in [-0.2, 0) is 32.5 Å². The molecule has 0 saturated carbocycles. The van der Waals surface area contributed by atoms with E-state index in [-0.39, 0.29) is 39.3 Å². The highest BCUT2D eigenvalue weighted by Crippen LogP contribution is 2.58. The number of fused-ring (bicyclic) bond motifs is 12. The molecule has 2 aliphatic heterocycles. The van der Waals surface area contributed by atoms with E-state index in [0.29, 0.717) is 0 Å². The lowest BCUT2D eigenvalue weighted by Crippen LogP contribution is -2.52. The van der Waals surface area contributed by atoms with Gasteiger partial charge in [-0.05, 0) is 144 Å². The van der Waals surface area contributed by atoms with Crippen LogP contribution in [0.2, 0.25) is 0 Å². The molecule has 0 spiro atoms. The molecule has 0 unspecified atom stereocenters. The Balaban J connectivity index is 1.33. The van der Waals surface area contributed by atoms with Gasteiger partial charge in [-0.1, -0.05) is 178 Å². The fraction of sp³-hybridized carbons (Fsp3) is 0.343. The van der Waals surface area contributed by atoms with E-state index in [0.717, 1.165) is 0 Å². The third kappa shape index (κ3) is 6.54. The molecule has 4 heteroatoms. The molecule has 9 aromatic rings. The van der Waals surface area contributed by atoms with Crippen molar-refractivity contribution >= 4 is 73.0 Å². The van der Waals surface area contributed by atoms with Gasteiger partial charge in [-0.25, -0.2) is 0 Å². The molecule has 0 atom stereocenters. The number of hydrogen-bond acceptors (Lipinski definition) is 1. The minimum atomic E-state index is -0.300. The van der Waals surface area contributed by atoms with Crippen LogP contribution in [-0.4, -0.2) is 15.9 Å². The molecule has 0 amide bonds. The minimum absolute atomic E-state index is 0.0159. The number of rotatable bonds is 2. The minimum Gasteiger partial charge on any atom is -0.375 e. The largest absolute Gasteiger partial charge is 0.375 e. The van der Waals surface area contributed by atoms with E-state index in [2.05, 4.69) is 259 Å². The first-order chi connectivity index (χ1) is 33.2. The predicted molar refractivity (Wildman–Crippen MR) is 308 cm³/mol. The summed E-state index contributed by atoms with van der Waals surface area (Å²) >= 11 is 0. The SMILES string of the molecule is CC(C)(C)c1ccc(N2C3=C(B4c5c(cc(C(C)(C)C)cc52)-c2cc5c6cc(C(C)(C)C)ccc6n(-c6ccccc6)c5c5c6cc(C(C)(C)C)ccc6n4c25)C(C)(C)c2ccc(C(C)(C)C)cc23)cc1. The van der Waals surface area contributed by atoms with Gasteiger partial charge >= 0.3 is 6.85 Å². The topological polar surface area (TPSA) is 13.1 Å². The van der Waals surface area contributed by atoms with E-state index in [1.54, 1.807) is 0 Å². The molecule has 7 aromatic carbocycles. The first kappa shape index (κ1) is 45.9. The van der Waals surface area contributed by atoms with Crippen molar-refractivity contribution in [3.05, 3.63) is 172 Å². The van der Waals surface area contributed by atoms with Gasteiger partial charge in [-0.3, -0.25) is 0 Å². The summed E-state index contributed by atoms with van der Waals surface area (Å²) in [4.78, 5) is 2.70. The summed E-state index contributed by atoms with van der Waals surface area (Å²) in [5.74, 6) is 0. The lowest BCUT2D eigenvalue weighted by atomic mass is 9.40. The van der Waals surface area contributed by atoms with E-state index in [1.165, 1.54) is 127 Å². The van der Waals surface area contributed by atoms with Gasteiger partial charge in [-0.2, -0.15) is 0 Å². The number of aromatic nitrogens is 2. The maximum atomic E-state index is 2.83. The molecule has 4 heterocycles. The van der Waals surface area contributed by atoms with Crippen LogP contribution in [0.4, 0.5) is 11.4 Å². The molecule has 358 valence electrons. The number of para-hydroxylation sites is 1. The van der Waals surface area contributed by atoms with Gasteiger partial charge in [0.25, 0.3) is 0 Å². The number of anilines is 2. The van der Waals surface area contributed by atoms with Crippen LogP contribution >= 0.6 is 0 Å². The lowest BCUT2D eigenvalue weighted by Gasteiger charge is -2.43. The van der Waals surface area contributed by atoms with Crippen molar-refractivity contribution in [3.8, 4) is 16.8 Å². The highest BCUT2D eigenvalue weighted by atomic mass is 15.2. The molecule has 12 rings (SSSR count). The lowest BCUT2D eigenvalue weighted by molar-refractivity contribution is 0.588. The van der Waals surface area contributed by atoms with Crippen molar-refractivity contribution in [2.24, 2.45) is 0 Å². The fourth-order valence-corrected chi connectivity index (χ4v) is 12.7. The smallest absolute Gasteiger partial charge is 0.329 e. The van der Waals surface area contributed by atoms with Crippen molar-refractivity contribution in [1.29, 1.82) is 0 Å². The van der Waals surface area contributed by atoms with Crippen LogP contribution in [0.25, 0.3) is 66.1 Å². The molecule has 0 N–H and O–H groups in total. The first-order valence-corrected chi connectivity index (χ1v) is 26.3. The molecule has 2 aromatic heterocycles. The van der Waals surface area contributed by atoms with E-state index < -0.39 is 0 Å². The second-order valence-corrected chi connectivity index (χ2v) is 27.2. The highest BCUT2D eigenvalue weighted by molar-refractivity contribution is 6.86. The molecule has 0 fully saturated rings. The zero-order valence-corrected chi connectivity index (χ0v) is 45.5. The predicted octanol–water partition coefficient (Wildman–Crippen LogP) is 17.5. The summed E-state index contributed by atoms with van der Waals surface area (Å²) in [7, 11) is 0. The molecular weight excluding hydrogens is 858 g/mol. The van der Waals surface area contributed by atoms with Gasteiger partial charge in [0, 0.05) is 71.9 Å². The van der Waals surface area contributed by atoms with Gasteiger partial charge in [0.05, 0.1) is 11.0 Å². The zero-order chi connectivity index (χ0) is 50.4. The average molecular weight is 930 g/mol. The molecule has 71 heavy (non-hydrogen) atoms. The van der Waals surface area contributed by atoms with E-state index in [1.807, 2.05) is 0 Å². The number of allylic oxidation sites excluding steroid dienone is 1. The Morgan fingerprint density at radius 1 is 0.423 bits per heavy atom. The highest BCUT2D eigenvalue weighted by Gasteiger charge is 2.54. The molecular formula is C67H72BN3. The van der Waals surface area contributed by atoms with Crippen LogP contribution in [0.1, 0.15) is 157 Å². The maximum Gasteiger partial charge on any atom is 0.329 e. The van der Waals surface area contributed by atoms with Gasteiger partial charge in [0.1, 0.15) is 0 Å². The zero-order valence-electron chi connectivity index (χ0n) is 45.5. The number of nitrogens with zero attached hydrogens (tertiary/aromatic N) is 3. The summed E-state index contributed by atoms with van der Waals surface area (Å²) in [5, 5.41) is 5.28. The van der Waals surface area contributed by atoms with E-state index >= 15 is 0 Å². The van der Waals surface area contributed by atoms with Crippen molar-refractivity contribution in [1.82, 2.24) is 9.05 Å². The van der Waals surface area contributed by atoms with Crippen molar-refractivity contribution in [2.45, 2.75) is 150 Å². The quantitative estimate of drug-likeness (QED) is 0.157. The summed E-state index contributed by atoms with van der Waals surface area (Å²) in [6.07, 6.45) is 0. The molecule has 0 saturated heterocycles. The maximum absolute atomic E-state index is 2.83. The molecule has 3 nitrogen and oxygen atoms in total.